The van der Waals surface area contributed by atoms with Gasteiger partial charge in [0, 0.05) is 18.3 Å². The molecule has 38 heavy (non-hydrogen) atoms. The summed E-state index contributed by atoms with van der Waals surface area (Å²) in [6, 6.07) is 1.64. The molecule has 0 bridgehead atoms. The Morgan fingerprint density at radius 2 is 1.97 bits per heavy atom. The maximum Gasteiger partial charge on any atom is 0.412 e. The normalized spacial score (nSPS) is 15.9. The van der Waals surface area contributed by atoms with E-state index < -0.39 is 43.2 Å². The van der Waals surface area contributed by atoms with Crippen LogP contribution in [-0.2, 0) is 0 Å². The molecule has 0 saturated carbocycles. The fourth-order valence-electron chi connectivity index (χ4n) is 3.32. The van der Waals surface area contributed by atoms with Gasteiger partial charge in [0.2, 0.25) is 0 Å². The maximum atomic E-state index is 14.2. The molecule has 2 heterocycles. The van der Waals surface area contributed by atoms with Crippen LogP contribution in [0.15, 0.2) is 28.2 Å². The quantitative estimate of drug-likeness (QED) is 0.331. The minimum Gasteiger partial charge on any atom is -0.490 e. The third-order valence-corrected chi connectivity index (χ3v) is 5.95. The number of aliphatic imine (C=N–C) groups is 2. The highest BCUT2D eigenvalue weighted by atomic mass is 32.1. The van der Waals surface area contributed by atoms with Gasteiger partial charge in [-0.25, -0.2) is 4.39 Å². The molecule has 0 saturated heterocycles. The van der Waals surface area contributed by atoms with Crippen molar-refractivity contribution in [3.8, 4) is 5.75 Å². The molecule has 208 valence electrons. The summed E-state index contributed by atoms with van der Waals surface area (Å²) in [5, 5.41) is 5.55. The van der Waals surface area contributed by atoms with Crippen molar-refractivity contribution < 1.29 is 40.3 Å². The fraction of sp³-hybridized carbons (Fsp3) is 0.455. The van der Waals surface area contributed by atoms with E-state index in [4.69, 9.17) is 4.74 Å². The zero-order valence-electron chi connectivity index (χ0n) is 20.1. The molecule has 0 fully saturated rings. The summed E-state index contributed by atoms with van der Waals surface area (Å²) in [7, 11) is 1.31. The van der Waals surface area contributed by atoms with Crippen molar-refractivity contribution in [2.45, 2.75) is 31.7 Å². The third-order valence-electron chi connectivity index (χ3n) is 5.10. The van der Waals surface area contributed by atoms with E-state index in [1.807, 2.05) is 0 Å². The summed E-state index contributed by atoms with van der Waals surface area (Å²) in [5.41, 5.74) is 0.600. The van der Waals surface area contributed by atoms with Crippen LogP contribution in [0.1, 0.15) is 22.5 Å². The largest absolute Gasteiger partial charge is 0.490 e. The van der Waals surface area contributed by atoms with Crippen LogP contribution in [-0.4, -0.2) is 78.9 Å². The van der Waals surface area contributed by atoms with Crippen LogP contribution in [0.25, 0.3) is 0 Å². The van der Waals surface area contributed by atoms with Crippen molar-refractivity contribution >= 4 is 40.2 Å². The molecule has 1 unspecified atom stereocenters. The Labute approximate surface area is 216 Å². The number of hydrogen-bond acceptors (Lipinski definition) is 8. The van der Waals surface area contributed by atoms with Crippen molar-refractivity contribution in [3.63, 3.8) is 0 Å². The lowest BCUT2D eigenvalue weighted by molar-refractivity contribution is -0.144. The zero-order valence-corrected chi connectivity index (χ0v) is 20.9. The Hall–Kier alpha value is -3.27. The van der Waals surface area contributed by atoms with E-state index in [9.17, 15) is 35.5 Å². The molecule has 2 aromatic rings. The van der Waals surface area contributed by atoms with E-state index in [0.717, 1.165) is 28.7 Å². The molecule has 1 aliphatic heterocycles. The Bertz CT molecular complexity index is 1200. The number of anilines is 2. The lowest BCUT2D eigenvalue weighted by atomic mass is 10.2. The van der Waals surface area contributed by atoms with Crippen LogP contribution in [0.3, 0.4) is 0 Å². The second-order valence-corrected chi connectivity index (χ2v) is 9.09. The number of nitrogens with zero attached hydrogens (tertiary/aromatic N) is 4. The number of carbonyl (C=O) groups is 1. The minimum absolute atomic E-state index is 0.0292. The van der Waals surface area contributed by atoms with Crippen molar-refractivity contribution in [2.24, 2.45) is 9.98 Å². The molecule has 0 spiro atoms. The van der Waals surface area contributed by atoms with Gasteiger partial charge < -0.3 is 15.4 Å². The Kier molecular flexibility index (Phi) is 9.30. The molecule has 0 radical (unpaired) electrons. The van der Waals surface area contributed by atoms with Gasteiger partial charge in [0.1, 0.15) is 10.8 Å². The first kappa shape index (κ1) is 29.3. The van der Waals surface area contributed by atoms with Crippen LogP contribution in [0, 0.1) is 12.7 Å². The number of carbonyl (C=O) groups excluding carboxylic acids is 1. The number of amidine groups is 1. The van der Waals surface area contributed by atoms with Crippen molar-refractivity contribution in [1.82, 2.24) is 9.27 Å². The minimum atomic E-state index is -4.52. The van der Waals surface area contributed by atoms with Gasteiger partial charge in [-0.05, 0) is 44.1 Å². The average Bonchev–Trinajstić information content (AvgIpc) is 3.17. The zero-order chi connectivity index (χ0) is 28.1. The summed E-state index contributed by atoms with van der Waals surface area (Å²) in [4.78, 5) is 21.3. The number of aromatic nitrogens is 1. The molecule has 8 nitrogen and oxygen atoms in total. The Morgan fingerprint density at radius 1 is 1.24 bits per heavy atom. The summed E-state index contributed by atoms with van der Waals surface area (Å²) < 4.78 is 99.1. The predicted molar refractivity (Wildman–Crippen MR) is 129 cm³/mol. The van der Waals surface area contributed by atoms with E-state index >= 15 is 0 Å². The van der Waals surface area contributed by atoms with Crippen LogP contribution >= 0.6 is 11.5 Å². The Balaban J connectivity index is 1.60. The van der Waals surface area contributed by atoms with E-state index in [1.54, 1.807) is 6.92 Å². The van der Waals surface area contributed by atoms with Gasteiger partial charge in [-0.1, -0.05) is 0 Å². The lowest BCUT2D eigenvalue weighted by Crippen LogP contribution is -2.34. The maximum absolute atomic E-state index is 14.2. The fourth-order valence-corrected chi connectivity index (χ4v) is 4.12. The van der Waals surface area contributed by atoms with Crippen LogP contribution in [0.4, 0.5) is 41.4 Å². The Morgan fingerprint density at radius 3 is 2.61 bits per heavy atom. The molecular weight excluding hydrogens is 545 g/mol. The third kappa shape index (κ3) is 8.37. The standard InChI is InChI=1S/C22H23F7N6O2S/c1-12-18(20(38-34-12)33-17-10-30-16(9-31-17)22(27,28)29)19(36)32-13-4-5-14(23)15(8-13)37-7-3-6-35(2)11-21(24,25)26/h4-5,8,10,16H,3,6-7,9,11H2,1-2H3,(H,31,33)(H,32,36). The number of ether oxygens (including phenoxy) is 1. The van der Waals surface area contributed by atoms with E-state index in [0.29, 0.717) is 5.69 Å². The molecular formula is C22H23F7N6O2S. The summed E-state index contributed by atoms with van der Waals surface area (Å²) in [5.74, 6) is -1.53. The number of rotatable bonds is 9. The monoisotopic (exact) mass is 568 g/mol. The highest BCUT2D eigenvalue weighted by molar-refractivity contribution is 7.11. The van der Waals surface area contributed by atoms with Gasteiger partial charge in [0.05, 0.1) is 37.2 Å². The van der Waals surface area contributed by atoms with Crippen molar-refractivity contribution in [2.75, 3.05) is 43.9 Å². The highest BCUT2D eigenvalue weighted by Crippen LogP contribution is 2.29. The molecule has 1 amide bonds. The SMILES string of the molecule is Cc1nsc(NC2=NCC(C(F)(F)F)N=C2)c1C(=O)Nc1ccc(F)c(OCCCN(C)CC(F)(F)F)c1. The number of hydrogen-bond donors (Lipinski definition) is 2. The molecule has 1 aromatic carbocycles. The number of halogens is 7. The first-order chi connectivity index (χ1) is 17.7. The molecule has 1 atom stereocenters. The highest BCUT2D eigenvalue weighted by Gasteiger charge is 2.40. The van der Waals surface area contributed by atoms with E-state index in [-0.39, 0.29) is 47.4 Å². The van der Waals surface area contributed by atoms with Gasteiger partial charge in [0.15, 0.2) is 17.6 Å². The molecule has 2 N–H and O–H groups in total. The lowest BCUT2D eigenvalue weighted by Gasteiger charge is -2.18. The topological polar surface area (TPSA) is 91.2 Å². The van der Waals surface area contributed by atoms with Crippen LogP contribution in [0.2, 0.25) is 0 Å². The average molecular weight is 569 g/mol. The van der Waals surface area contributed by atoms with Gasteiger partial charge >= 0.3 is 12.4 Å². The number of nitrogens with one attached hydrogen (secondary N) is 2. The van der Waals surface area contributed by atoms with Gasteiger partial charge in [0.25, 0.3) is 5.91 Å². The van der Waals surface area contributed by atoms with Crippen LogP contribution in [0.5, 0.6) is 5.75 Å². The number of aryl methyl sites for hydroxylation is 1. The van der Waals surface area contributed by atoms with Gasteiger partial charge in [-0.3, -0.25) is 19.7 Å². The molecule has 1 aliphatic rings. The number of alkyl halides is 6. The second-order valence-electron chi connectivity index (χ2n) is 8.31. The summed E-state index contributed by atoms with van der Waals surface area (Å²) >= 11 is 0.894. The summed E-state index contributed by atoms with van der Waals surface area (Å²) in [6.45, 7) is -0.104. The van der Waals surface area contributed by atoms with Gasteiger partial charge in [-0.2, -0.15) is 30.7 Å². The summed E-state index contributed by atoms with van der Waals surface area (Å²) in [6.07, 6.45) is -7.70. The number of amides is 1. The predicted octanol–water partition coefficient (Wildman–Crippen LogP) is 4.93. The molecule has 0 aliphatic carbocycles. The van der Waals surface area contributed by atoms with Crippen molar-refractivity contribution in [1.29, 1.82) is 0 Å². The van der Waals surface area contributed by atoms with E-state index in [1.165, 1.54) is 19.2 Å². The molecule has 1 aromatic heterocycles. The van der Waals surface area contributed by atoms with E-state index in [2.05, 4.69) is 25.0 Å². The first-order valence-electron chi connectivity index (χ1n) is 11.1. The van der Waals surface area contributed by atoms with Crippen LogP contribution < -0.4 is 15.4 Å². The first-order valence-corrected chi connectivity index (χ1v) is 11.9. The number of benzene rings is 1. The molecule has 3 rings (SSSR count). The van der Waals surface area contributed by atoms with Crippen molar-refractivity contribution in [3.05, 3.63) is 35.3 Å². The molecule has 16 heteroatoms. The second kappa shape index (κ2) is 12.1. The van der Waals surface area contributed by atoms with Gasteiger partial charge in [-0.15, -0.1) is 0 Å². The smallest absolute Gasteiger partial charge is 0.412 e.